The Hall–Kier alpha value is -1.75. The van der Waals surface area contributed by atoms with Crippen molar-refractivity contribution < 1.29 is 9.63 Å². The Morgan fingerprint density at radius 3 is 2.61 bits per heavy atom. The third kappa shape index (κ3) is 3.29. The van der Waals surface area contributed by atoms with Crippen LogP contribution in [0.15, 0.2) is 36.4 Å². The standard InChI is InChI=1S/C17H16Cl2N2O2/c1-2-23-21-16(22)9-13-15(8-7-14(19)17(13)21)20-10-11-3-5-12(18)6-4-11/h3-8,20H,2,9-10H2,1H3. The Labute approximate surface area is 144 Å². The van der Waals surface area contributed by atoms with Crippen LogP contribution in [0.2, 0.25) is 10.0 Å². The fraction of sp³-hybridized carbons (Fsp3) is 0.235. The van der Waals surface area contributed by atoms with Gasteiger partial charge < -0.3 is 5.32 Å². The van der Waals surface area contributed by atoms with E-state index in [0.717, 1.165) is 16.8 Å². The lowest BCUT2D eigenvalue weighted by atomic mass is 10.1. The summed E-state index contributed by atoms with van der Waals surface area (Å²) in [7, 11) is 0. The van der Waals surface area contributed by atoms with Crippen LogP contribution in [0.25, 0.3) is 0 Å². The minimum Gasteiger partial charge on any atom is -0.381 e. The van der Waals surface area contributed by atoms with Crippen LogP contribution in [0.5, 0.6) is 0 Å². The van der Waals surface area contributed by atoms with E-state index in [2.05, 4.69) is 5.32 Å². The Kier molecular flexibility index (Phi) is 4.76. The molecule has 4 nitrogen and oxygen atoms in total. The molecule has 0 radical (unpaired) electrons. The van der Waals surface area contributed by atoms with Gasteiger partial charge in [-0.15, -0.1) is 0 Å². The van der Waals surface area contributed by atoms with Crippen molar-refractivity contribution in [1.82, 2.24) is 0 Å². The molecule has 1 aliphatic heterocycles. The summed E-state index contributed by atoms with van der Waals surface area (Å²) in [4.78, 5) is 17.5. The topological polar surface area (TPSA) is 41.6 Å². The van der Waals surface area contributed by atoms with Crippen molar-refractivity contribution in [2.45, 2.75) is 19.9 Å². The van der Waals surface area contributed by atoms with Crippen LogP contribution in [-0.2, 0) is 22.6 Å². The van der Waals surface area contributed by atoms with Gasteiger partial charge in [-0.1, -0.05) is 35.3 Å². The number of amides is 1. The minimum atomic E-state index is -0.107. The summed E-state index contributed by atoms with van der Waals surface area (Å²) in [5.41, 5.74) is 3.49. The van der Waals surface area contributed by atoms with Crippen molar-refractivity contribution >= 4 is 40.5 Å². The van der Waals surface area contributed by atoms with E-state index in [-0.39, 0.29) is 12.3 Å². The average Bonchev–Trinajstić information content (AvgIpc) is 2.87. The van der Waals surface area contributed by atoms with E-state index in [0.29, 0.717) is 28.9 Å². The van der Waals surface area contributed by atoms with Gasteiger partial charge in [-0.3, -0.25) is 9.63 Å². The zero-order chi connectivity index (χ0) is 16.4. The predicted molar refractivity (Wildman–Crippen MR) is 93.0 cm³/mol. The van der Waals surface area contributed by atoms with Gasteiger partial charge >= 0.3 is 0 Å². The van der Waals surface area contributed by atoms with E-state index >= 15 is 0 Å². The van der Waals surface area contributed by atoms with Gasteiger partial charge in [0.25, 0.3) is 5.91 Å². The molecule has 120 valence electrons. The number of carbonyl (C=O) groups excluding carboxylic acids is 1. The molecule has 23 heavy (non-hydrogen) atoms. The van der Waals surface area contributed by atoms with Crippen molar-refractivity contribution in [3.63, 3.8) is 0 Å². The first-order valence-electron chi connectivity index (χ1n) is 7.35. The molecule has 0 bridgehead atoms. The normalized spacial score (nSPS) is 13.3. The SMILES string of the molecule is CCON1C(=O)Cc2c(NCc3ccc(Cl)cc3)ccc(Cl)c21. The summed E-state index contributed by atoms with van der Waals surface area (Å²) in [5.74, 6) is -0.107. The largest absolute Gasteiger partial charge is 0.381 e. The number of carbonyl (C=O) groups is 1. The summed E-state index contributed by atoms with van der Waals surface area (Å²) in [5, 5.41) is 5.87. The van der Waals surface area contributed by atoms with Crippen molar-refractivity contribution in [3.8, 4) is 0 Å². The third-order valence-corrected chi connectivity index (χ3v) is 4.20. The maximum Gasteiger partial charge on any atom is 0.255 e. The summed E-state index contributed by atoms with van der Waals surface area (Å²) in [6.07, 6.45) is 0.277. The van der Waals surface area contributed by atoms with Crippen molar-refractivity contribution in [3.05, 3.63) is 57.6 Å². The lowest BCUT2D eigenvalue weighted by molar-refractivity contribution is -0.124. The highest BCUT2D eigenvalue weighted by atomic mass is 35.5. The molecule has 1 amide bonds. The highest BCUT2D eigenvalue weighted by molar-refractivity contribution is 6.34. The van der Waals surface area contributed by atoms with Gasteiger partial charge in [-0.05, 0) is 36.8 Å². The molecule has 6 heteroatoms. The molecule has 2 aromatic rings. The number of nitrogens with one attached hydrogen (secondary N) is 1. The molecular formula is C17H16Cl2N2O2. The number of rotatable bonds is 5. The summed E-state index contributed by atoms with van der Waals surface area (Å²) < 4.78 is 0. The maximum atomic E-state index is 12.1. The molecule has 0 unspecified atom stereocenters. The predicted octanol–water partition coefficient (Wildman–Crippen LogP) is 4.45. The van der Waals surface area contributed by atoms with E-state index in [4.69, 9.17) is 28.0 Å². The Bertz CT molecular complexity index is 732. The molecular weight excluding hydrogens is 335 g/mol. The first kappa shape index (κ1) is 16.1. The highest BCUT2D eigenvalue weighted by Gasteiger charge is 2.32. The molecule has 3 rings (SSSR count). The van der Waals surface area contributed by atoms with Gasteiger partial charge in [0.1, 0.15) is 0 Å². The van der Waals surface area contributed by atoms with E-state index in [9.17, 15) is 4.79 Å². The average molecular weight is 351 g/mol. The number of anilines is 2. The number of hydrogen-bond acceptors (Lipinski definition) is 3. The fourth-order valence-corrected chi connectivity index (χ4v) is 2.96. The number of halogens is 2. The van der Waals surface area contributed by atoms with Crippen LogP contribution in [0.4, 0.5) is 11.4 Å². The van der Waals surface area contributed by atoms with E-state index in [1.54, 1.807) is 6.07 Å². The third-order valence-electron chi connectivity index (χ3n) is 3.65. The first-order valence-corrected chi connectivity index (χ1v) is 8.11. The van der Waals surface area contributed by atoms with Gasteiger partial charge in [-0.25, -0.2) is 0 Å². The molecule has 0 saturated carbocycles. The molecule has 2 aromatic carbocycles. The van der Waals surface area contributed by atoms with Gasteiger partial charge in [-0.2, -0.15) is 5.06 Å². The van der Waals surface area contributed by atoms with Crippen LogP contribution >= 0.6 is 23.2 Å². The molecule has 0 aliphatic carbocycles. The molecule has 1 heterocycles. The number of benzene rings is 2. The number of fused-ring (bicyclic) bond motifs is 1. The molecule has 0 atom stereocenters. The van der Waals surface area contributed by atoms with E-state index in [1.165, 1.54) is 5.06 Å². The first-order chi connectivity index (χ1) is 11.1. The number of nitrogens with zero attached hydrogens (tertiary/aromatic N) is 1. The zero-order valence-corrected chi connectivity index (χ0v) is 14.1. The second-order valence-corrected chi connectivity index (χ2v) is 6.03. The van der Waals surface area contributed by atoms with Gasteiger partial charge in [0.2, 0.25) is 0 Å². The van der Waals surface area contributed by atoms with E-state index in [1.807, 2.05) is 37.3 Å². The number of hydroxylamine groups is 1. The molecule has 1 aliphatic rings. The fourth-order valence-electron chi connectivity index (χ4n) is 2.58. The Morgan fingerprint density at radius 1 is 1.17 bits per heavy atom. The summed E-state index contributed by atoms with van der Waals surface area (Å²) >= 11 is 12.1. The second-order valence-electron chi connectivity index (χ2n) is 5.18. The maximum absolute atomic E-state index is 12.1. The monoisotopic (exact) mass is 350 g/mol. The van der Waals surface area contributed by atoms with Gasteiger partial charge in [0.15, 0.2) is 0 Å². The Balaban J connectivity index is 1.84. The summed E-state index contributed by atoms with van der Waals surface area (Å²) in [6.45, 7) is 2.87. The van der Waals surface area contributed by atoms with Crippen molar-refractivity contribution in [2.75, 3.05) is 17.0 Å². The Morgan fingerprint density at radius 2 is 1.91 bits per heavy atom. The summed E-state index contributed by atoms with van der Waals surface area (Å²) in [6, 6.07) is 11.3. The molecule has 0 saturated heterocycles. The second kappa shape index (κ2) is 6.79. The lowest BCUT2D eigenvalue weighted by Crippen LogP contribution is -2.26. The minimum absolute atomic E-state index is 0.107. The highest BCUT2D eigenvalue weighted by Crippen LogP contribution is 2.40. The van der Waals surface area contributed by atoms with Crippen LogP contribution in [0, 0.1) is 0 Å². The van der Waals surface area contributed by atoms with Crippen LogP contribution in [0.1, 0.15) is 18.1 Å². The van der Waals surface area contributed by atoms with Gasteiger partial charge in [0.05, 0.1) is 23.7 Å². The smallest absolute Gasteiger partial charge is 0.255 e. The van der Waals surface area contributed by atoms with Gasteiger partial charge in [0, 0.05) is 22.8 Å². The van der Waals surface area contributed by atoms with Crippen molar-refractivity contribution in [2.24, 2.45) is 0 Å². The molecule has 0 spiro atoms. The lowest BCUT2D eigenvalue weighted by Gasteiger charge is -2.18. The van der Waals surface area contributed by atoms with E-state index < -0.39 is 0 Å². The van der Waals surface area contributed by atoms with Crippen molar-refractivity contribution in [1.29, 1.82) is 0 Å². The quantitative estimate of drug-likeness (QED) is 0.866. The number of hydrogen-bond donors (Lipinski definition) is 1. The zero-order valence-electron chi connectivity index (χ0n) is 12.6. The van der Waals surface area contributed by atoms with Crippen LogP contribution in [-0.4, -0.2) is 12.5 Å². The molecule has 1 N–H and O–H groups in total. The molecule has 0 aromatic heterocycles. The van der Waals surface area contributed by atoms with Crippen LogP contribution in [0.3, 0.4) is 0 Å². The molecule has 0 fully saturated rings. The van der Waals surface area contributed by atoms with Crippen LogP contribution < -0.4 is 10.4 Å².